The molecule has 6 nitrogen and oxygen atoms in total. The fourth-order valence-corrected chi connectivity index (χ4v) is 0.952. The van der Waals surface area contributed by atoms with Crippen molar-refractivity contribution < 1.29 is 19.8 Å². The number of aliphatic carboxylic acids is 1. The van der Waals surface area contributed by atoms with Gasteiger partial charge in [-0.2, -0.15) is 0 Å². The van der Waals surface area contributed by atoms with Crippen molar-refractivity contribution in [3.8, 4) is 0 Å². The van der Waals surface area contributed by atoms with Gasteiger partial charge >= 0.3 is 5.97 Å². The standard InChI is InChI=1S/C9H16N2O4/c1-2-3-6(10)8(13)11-7(4-5-12)9(14)15/h2,6-7,12H,1,3-5,10H2,(H,11,13)(H,14,15)/t6?,7-/m0/s1. The van der Waals surface area contributed by atoms with Crippen LogP contribution in [0.4, 0.5) is 0 Å². The van der Waals surface area contributed by atoms with Crippen LogP contribution in [-0.4, -0.2) is 40.8 Å². The molecule has 0 aromatic rings. The summed E-state index contributed by atoms with van der Waals surface area (Å²) in [6.07, 6.45) is 1.71. The van der Waals surface area contributed by atoms with E-state index in [0.717, 1.165) is 0 Å². The van der Waals surface area contributed by atoms with E-state index >= 15 is 0 Å². The second kappa shape index (κ2) is 6.97. The number of aliphatic hydroxyl groups is 1. The number of carboxylic acid groups (broad SMARTS) is 1. The van der Waals surface area contributed by atoms with Crippen LogP contribution in [0.1, 0.15) is 12.8 Å². The van der Waals surface area contributed by atoms with E-state index in [2.05, 4.69) is 11.9 Å². The molecule has 1 unspecified atom stereocenters. The van der Waals surface area contributed by atoms with Crippen LogP contribution in [0, 0.1) is 0 Å². The Balaban J connectivity index is 4.21. The predicted molar refractivity (Wildman–Crippen MR) is 54.1 cm³/mol. The average Bonchev–Trinajstić information content (AvgIpc) is 2.17. The largest absolute Gasteiger partial charge is 0.480 e. The normalized spacial score (nSPS) is 14.0. The van der Waals surface area contributed by atoms with Crippen LogP contribution in [0.5, 0.6) is 0 Å². The highest BCUT2D eigenvalue weighted by Crippen LogP contribution is 1.95. The summed E-state index contributed by atoms with van der Waals surface area (Å²) in [6, 6.07) is -1.90. The van der Waals surface area contributed by atoms with Gasteiger partial charge in [-0.15, -0.1) is 6.58 Å². The van der Waals surface area contributed by atoms with Crippen LogP contribution in [0.15, 0.2) is 12.7 Å². The van der Waals surface area contributed by atoms with Gasteiger partial charge in [0.25, 0.3) is 0 Å². The number of hydrogen-bond acceptors (Lipinski definition) is 4. The Morgan fingerprint density at radius 1 is 1.53 bits per heavy atom. The summed E-state index contributed by atoms with van der Waals surface area (Å²) in [6.45, 7) is 3.11. The second-order valence-corrected chi connectivity index (χ2v) is 3.04. The van der Waals surface area contributed by atoms with Crippen LogP contribution >= 0.6 is 0 Å². The summed E-state index contributed by atoms with van der Waals surface area (Å²) in [7, 11) is 0. The molecule has 0 bridgehead atoms. The molecule has 0 aliphatic heterocycles. The van der Waals surface area contributed by atoms with Gasteiger partial charge in [0.2, 0.25) is 5.91 Å². The first kappa shape index (κ1) is 13.6. The molecule has 0 aliphatic carbocycles. The third-order valence-corrected chi connectivity index (χ3v) is 1.79. The molecule has 2 atom stereocenters. The average molecular weight is 216 g/mol. The third kappa shape index (κ3) is 5.14. The van der Waals surface area contributed by atoms with Crippen LogP contribution in [0.25, 0.3) is 0 Å². The lowest BCUT2D eigenvalue weighted by Gasteiger charge is -2.15. The highest BCUT2D eigenvalue weighted by atomic mass is 16.4. The van der Waals surface area contributed by atoms with Crippen molar-refractivity contribution in [2.24, 2.45) is 5.73 Å². The van der Waals surface area contributed by atoms with Crippen LogP contribution < -0.4 is 11.1 Å². The van der Waals surface area contributed by atoms with E-state index in [0.29, 0.717) is 0 Å². The van der Waals surface area contributed by atoms with Crippen molar-refractivity contribution in [1.82, 2.24) is 5.32 Å². The Morgan fingerprint density at radius 2 is 2.13 bits per heavy atom. The first-order valence-electron chi connectivity index (χ1n) is 4.53. The lowest BCUT2D eigenvalue weighted by Crippen LogP contribution is -2.48. The zero-order valence-corrected chi connectivity index (χ0v) is 8.35. The maximum atomic E-state index is 11.3. The molecule has 5 N–H and O–H groups in total. The number of carboxylic acids is 1. The molecule has 0 radical (unpaired) electrons. The van der Waals surface area contributed by atoms with E-state index in [1.165, 1.54) is 6.08 Å². The molecule has 0 aromatic carbocycles. The fourth-order valence-electron chi connectivity index (χ4n) is 0.952. The van der Waals surface area contributed by atoms with Gasteiger partial charge < -0.3 is 21.3 Å². The fraction of sp³-hybridized carbons (Fsp3) is 0.556. The molecule has 15 heavy (non-hydrogen) atoms. The predicted octanol–water partition coefficient (Wildman–Crippen LogP) is -1.16. The first-order valence-corrected chi connectivity index (χ1v) is 4.53. The quantitative estimate of drug-likeness (QED) is 0.401. The molecule has 1 amide bonds. The van der Waals surface area contributed by atoms with E-state index in [-0.39, 0.29) is 19.4 Å². The summed E-state index contributed by atoms with van der Waals surface area (Å²) in [5.41, 5.74) is 5.43. The molecule has 0 rings (SSSR count). The second-order valence-electron chi connectivity index (χ2n) is 3.04. The summed E-state index contributed by atoms with van der Waals surface area (Å²) in [5.74, 6) is -1.75. The maximum Gasteiger partial charge on any atom is 0.326 e. The van der Waals surface area contributed by atoms with Crippen molar-refractivity contribution in [3.63, 3.8) is 0 Å². The number of aliphatic hydroxyl groups excluding tert-OH is 1. The van der Waals surface area contributed by atoms with E-state index in [1.807, 2.05) is 0 Å². The van der Waals surface area contributed by atoms with E-state index in [1.54, 1.807) is 0 Å². The SMILES string of the molecule is C=CCC(N)C(=O)N[C@@H](CCO)C(=O)O. The lowest BCUT2D eigenvalue weighted by molar-refractivity contribution is -0.142. The van der Waals surface area contributed by atoms with E-state index in [9.17, 15) is 9.59 Å². The summed E-state index contributed by atoms with van der Waals surface area (Å²) < 4.78 is 0. The van der Waals surface area contributed by atoms with Gasteiger partial charge in [0.1, 0.15) is 6.04 Å². The number of amides is 1. The molecule has 0 aromatic heterocycles. The van der Waals surface area contributed by atoms with Crippen molar-refractivity contribution >= 4 is 11.9 Å². The Hall–Kier alpha value is -1.40. The topological polar surface area (TPSA) is 113 Å². The molecular weight excluding hydrogens is 200 g/mol. The van der Waals surface area contributed by atoms with Crippen molar-refractivity contribution in [1.29, 1.82) is 0 Å². The number of hydrogen-bond donors (Lipinski definition) is 4. The van der Waals surface area contributed by atoms with Crippen molar-refractivity contribution in [3.05, 3.63) is 12.7 Å². The molecule has 86 valence electrons. The van der Waals surface area contributed by atoms with Crippen LogP contribution in [0.3, 0.4) is 0 Å². The minimum Gasteiger partial charge on any atom is -0.480 e. The smallest absolute Gasteiger partial charge is 0.326 e. The molecule has 0 fully saturated rings. The highest BCUT2D eigenvalue weighted by molar-refractivity contribution is 5.86. The Morgan fingerprint density at radius 3 is 2.53 bits per heavy atom. The third-order valence-electron chi connectivity index (χ3n) is 1.79. The Bertz CT molecular complexity index is 242. The summed E-state index contributed by atoms with van der Waals surface area (Å²) >= 11 is 0. The van der Waals surface area contributed by atoms with Crippen LogP contribution in [0.2, 0.25) is 0 Å². The van der Waals surface area contributed by atoms with Gasteiger partial charge in [-0.3, -0.25) is 4.79 Å². The Kier molecular flexibility index (Phi) is 6.32. The highest BCUT2D eigenvalue weighted by Gasteiger charge is 2.21. The number of nitrogens with one attached hydrogen (secondary N) is 1. The monoisotopic (exact) mass is 216 g/mol. The molecule has 0 saturated heterocycles. The number of carbonyl (C=O) groups excluding carboxylic acids is 1. The summed E-state index contributed by atoms with van der Waals surface area (Å²) in [5, 5.41) is 19.5. The number of carbonyl (C=O) groups is 2. The molecule has 6 heteroatoms. The molecule has 0 saturated carbocycles. The van der Waals surface area contributed by atoms with Gasteiger partial charge in [-0.05, 0) is 6.42 Å². The minimum absolute atomic E-state index is 0.0398. The minimum atomic E-state index is -1.19. The molecule has 0 aliphatic rings. The van der Waals surface area contributed by atoms with E-state index < -0.39 is 24.0 Å². The first-order chi connectivity index (χ1) is 7.02. The molecule has 0 heterocycles. The van der Waals surface area contributed by atoms with Gasteiger partial charge in [0.05, 0.1) is 6.04 Å². The maximum absolute atomic E-state index is 11.3. The van der Waals surface area contributed by atoms with Gasteiger partial charge in [-0.1, -0.05) is 6.08 Å². The lowest BCUT2D eigenvalue weighted by atomic mass is 10.1. The summed E-state index contributed by atoms with van der Waals surface area (Å²) in [4.78, 5) is 21.9. The van der Waals surface area contributed by atoms with E-state index in [4.69, 9.17) is 15.9 Å². The zero-order valence-electron chi connectivity index (χ0n) is 8.35. The number of rotatable bonds is 7. The number of nitrogens with two attached hydrogens (primary N) is 1. The van der Waals surface area contributed by atoms with Crippen LogP contribution in [-0.2, 0) is 9.59 Å². The zero-order chi connectivity index (χ0) is 11.8. The van der Waals surface area contributed by atoms with Crippen molar-refractivity contribution in [2.45, 2.75) is 24.9 Å². The van der Waals surface area contributed by atoms with Crippen molar-refractivity contribution in [2.75, 3.05) is 6.61 Å². The van der Waals surface area contributed by atoms with Gasteiger partial charge in [0.15, 0.2) is 0 Å². The Labute approximate surface area is 87.8 Å². The van der Waals surface area contributed by atoms with Gasteiger partial charge in [-0.25, -0.2) is 4.79 Å². The van der Waals surface area contributed by atoms with Gasteiger partial charge in [0, 0.05) is 13.0 Å². The molecular formula is C9H16N2O4. The molecule has 0 spiro atoms.